The largest absolute Gasteiger partial charge is 0.480 e. The molecule has 4 atom stereocenters. The molecule has 0 rings (SSSR count). The lowest BCUT2D eigenvalue weighted by Crippen LogP contribution is -2.55. The van der Waals surface area contributed by atoms with E-state index in [1.54, 1.807) is 0 Å². The van der Waals surface area contributed by atoms with Gasteiger partial charge < -0.3 is 43.4 Å². The predicted molar refractivity (Wildman–Crippen MR) is 99.7 cm³/mol. The number of carbonyl (C=O) groups excluding carboxylic acids is 3. The Hall–Kier alpha value is -2.93. The molecular formula is C15H29N7O6. The smallest absolute Gasteiger partial charge is 0.325 e. The van der Waals surface area contributed by atoms with Gasteiger partial charge in [0.05, 0.1) is 12.6 Å². The number of carboxylic acids is 1. The van der Waals surface area contributed by atoms with Crippen LogP contribution in [0.4, 0.5) is 0 Å². The van der Waals surface area contributed by atoms with Crippen molar-refractivity contribution in [2.45, 2.75) is 50.9 Å². The van der Waals surface area contributed by atoms with Gasteiger partial charge in [0.25, 0.3) is 0 Å². The van der Waals surface area contributed by atoms with Gasteiger partial charge in [-0.05, 0) is 26.7 Å². The number of amides is 3. The number of carboxylic acid groups (broad SMARTS) is 1. The molecule has 0 aliphatic carbocycles. The SMILES string of the molecule is CC(NC(=O)CNC(=O)C(CCCN=C(N)N)NC(=O)C(N)C(C)O)C(=O)O. The third-order valence-corrected chi connectivity index (χ3v) is 3.57. The summed E-state index contributed by atoms with van der Waals surface area (Å²) in [6, 6.07) is -3.42. The van der Waals surface area contributed by atoms with E-state index in [4.69, 9.17) is 22.3 Å². The molecule has 160 valence electrons. The summed E-state index contributed by atoms with van der Waals surface area (Å²) < 4.78 is 0. The number of hydrogen-bond donors (Lipinski definition) is 8. The van der Waals surface area contributed by atoms with Crippen LogP contribution in [-0.4, -0.2) is 77.2 Å². The normalized spacial score (nSPS) is 14.7. The summed E-state index contributed by atoms with van der Waals surface area (Å²) in [5.41, 5.74) is 16.0. The molecule has 0 heterocycles. The molecule has 0 aliphatic rings. The van der Waals surface area contributed by atoms with Crippen LogP contribution in [0.25, 0.3) is 0 Å². The van der Waals surface area contributed by atoms with Crippen LogP contribution < -0.4 is 33.2 Å². The van der Waals surface area contributed by atoms with Gasteiger partial charge in [-0.25, -0.2) is 0 Å². The molecule has 0 fully saturated rings. The van der Waals surface area contributed by atoms with Crippen molar-refractivity contribution in [3.63, 3.8) is 0 Å². The summed E-state index contributed by atoms with van der Waals surface area (Å²) in [5.74, 6) is -3.49. The molecular weight excluding hydrogens is 374 g/mol. The fraction of sp³-hybridized carbons (Fsp3) is 0.667. The Kier molecular flexibility index (Phi) is 11.2. The third kappa shape index (κ3) is 10.3. The monoisotopic (exact) mass is 403 g/mol. The van der Waals surface area contributed by atoms with E-state index in [0.29, 0.717) is 6.42 Å². The van der Waals surface area contributed by atoms with E-state index in [2.05, 4.69) is 20.9 Å². The Morgan fingerprint density at radius 1 is 1.07 bits per heavy atom. The van der Waals surface area contributed by atoms with Crippen molar-refractivity contribution in [1.29, 1.82) is 0 Å². The number of hydrogen-bond acceptors (Lipinski definition) is 7. The number of guanidine groups is 1. The van der Waals surface area contributed by atoms with Crippen molar-refractivity contribution in [2.24, 2.45) is 22.2 Å². The predicted octanol–water partition coefficient (Wildman–Crippen LogP) is -4.06. The number of carbonyl (C=O) groups is 4. The minimum absolute atomic E-state index is 0.120. The first-order valence-electron chi connectivity index (χ1n) is 8.55. The minimum Gasteiger partial charge on any atom is -0.480 e. The maximum absolute atomic E-state index is 12.3. The van der Waals surface area contributed by atoms with E-state index in [9.17, 15) is 24.3 Å². The van der Waals surface area contributed by atoms with Gasteiger partial charge in [0.15, 0.2) is 5.96 Å². The zero-order chi connectivity index (χ0) is 21.9. The fourth-order valence-electron chi connectivity index (χ4n) is 1.90. The van der Waals surface area contributed by atoms with Crippen LogP contribution in [0, 0.1) is 0 Å². The maximum atomic E-state index is 12.3. The number of nitrogens with one attached hydrogen (secondary N) is 3. The summed E-state index contributed by atoms with van der Waals surface area (Å²) >= 11 is 0. The van der Waals surface area contributed by atoms with Crippen molar-refractivity contribution in [2.75, 3.05) is 13.1 Å². The molecule has 3 amide bonds. The van der Waals surface area contributed by atoms with Gasteiger partial charge in [-0.1, -0.05) is 0 Å². The average Bonchev–Trinajstić information content (AvgIpc) is 2.60. The molecule has 0 bridgehead atoms. The zero-order valence-electron chi connectivity index (χ0n) is 15.8. The Balaban J connectivity index is 4.84. The lowest BCUT2D eigenvalue weighted by molar-refractivity contribution is -0.141. The van der Waals surface area contributed by atoms with E-state index < -0.39 is 54.5 Å². The van der Waals surface area contributed by atoms with Gasteiger partial charge in [0.1, 0.15) is 18.1 Å². The van der Waals surface area contributed by atoms with Crippen LogP contribution in [0.3, 0.4) is 0 Å². The van der Waals surface area contributed by atoms with Gasteiger partial charge in [0, 0.05) is 6.54 Å². The Labute approximate surface area is 162 Å². The van der Waals surface area contributed by atoms with Crippen molar-refractivity contribution in [3.05, 3.63) is 0 Å². The van der Waals surface area contributed by atoms with Gasteiger partial charge in [-0.3, -0.25) is 24.2 Å². The fourth-order valence-corrected chi connectivity index (χ4v) is 1.90. The van der Waals surface area contributed by atoms with Crippen LogP contribution in [-0.2, 0) is 19.2 Å². The molecule has 0 radical (unpaired) electrons. The number of aliphatic imine (C=N–C) groups is 1. The van der Waals surface area contributed by atoms with Crippen LogP contribution in [0.1, 0.15) is 26.7 Å². The van der Waals surface area contributed by atoms with E-state index in [0.717, 1.165) is 0 Å². The molecule has 0 aromatic heterocycles. The summed E-state index contributed by atoms with van der Waals surface area (Å²) in [4.78, 5) is 50.5. The van der Waals surface area contributed by atoms with Gasteiger partial charge in [-0.2, -0.15) is 0 Å². The van der Waals surface area contributed by atoms with Gasteiger partial charge in [-0.15, -0.1) is 0 Å². The first-order chi connectivity index (χ1) is 13.0. The van der Waals surface area contributed by atoms with Crippen LogP contribution in [0.5, 0.6) is 0 Å². The highest BCUT2D eigenvalue weighted by atomic mass is 16.4. The topological polar surface area (TPSA) is 235 Å². The quantitative estimate of drug-likeness (QED) is 0.0897. The molecule has 28 heavy (non-hydrogen) atoms. The Morgan fingerprint density at radius 3 is 2.18 bits per heavy atom. The highest BCUT2D eigenvalue weighted by Crippen LogP contribution is 2.01. The highest BCUT2D eigenvalue weighted by molar-refractivity contribution is 5.92. The molecule has 11 N–H and O–H groups in total. The Bertz CT molecular complexity index is 591. The summed E-state index contributed by atoms with van der Waals surface area (Å²) in [7, 11) is 0. The molecule has 0 saturated carbocycles. The van der Waals surface area contributed by atoms with Crippen LogP contribution >= 0.6 is 0 Å². The van der Waals surface area contributed by atoms with Crippen molar-refractivity contribution >= 4 is 29.7 Å². The molecule has 13 heteroatoms. The van der Waals surface area contributed by atoms with E-state index in [-0.39, 0.29) is 18.9 Å². The lowest BCUT2D eigenvalue weighted by atomic mass is 10.1. The second kappa shape index (κ2) is 12.5. The molecule has 0 aromatic rings. The van der Waals surface area contributed by atoms with Gasteiger partial charge >= 0.3 is 5.97 Å². The van der Waals surface area contributed by atoms with Crippen molar-refractivity contribution in [1.82, 2.24) is 16.0 Å². The zero-order valence-corrected chi connectivity index (χ0v) is 15.8. The van der Waals surface area contributed by atoms with E-state index >= 15 is 0 Å². The third-order valence-electron chi connectivity index (χ3n) is 3.57. The average molecular weight is 403 g/mol. The first-order valence-corrected chi connectivity index (χ1v) is 8.55. The summed E-state index contributed by atoms with van der Waals surface area (Å²) in [6.45, 7) is 2.32. The number of rotatable bonds is 12. The second-order valence-electron chi connectivity index (χ2n) is 6.12. The number of aliphatic hydroxyl groups is 1. The van der Waals surface area contributed by atoms with E-state index in [1.807, 2.05) is 0 Å². The Morgan fingerprint density at radius 2 is 1.68 bits per heavy atom. The first kappa shape index (κ1) is 25.1. The molecule has 0 spiro atoms. The standard InChI is InChI=1S/C15H29N7O6/c1-7(14(27)28)21-10(24)6-20-12(25)9(4-3-5-19-15(17)18)22-13(26)11(16)8(2)23/h7-9,11,23H,3-6,16H2,1-2H3,(H,20,25)(H,21,24)(H,22,26)(H,27,28)(H4,17,18,19). The number of nitrogens with zero attached hydrogens (tertiary/aromatic N) is 1. The van der Waals surface area contributed by atoms with Crippen LogP contribution in [0.15, 0.2) is 4.99 Å². The summed E-state index contributed by atoms with van der Waals surface area (Å²) in [5, 5.41) is 25.0. The minimum atomic E-state index is -1.24. The van der Waals surface area contributed by atoms with Crippen molar-refractivity contribution < 1.29 is 29.4 Å². The molecule has 13 nitrogen and oxygen atoms in total. The molecule has 4 unspecified atom stereocenters. The number of nitrogens with two attached hydrogens (primary N) is 3. The lowest BCUT2D eigenvalue weighted by Gasteiger charge is -2.21. The van der Waals surface area contributed by atoms with E-state index in [1.165, 1.54) is 13.8 Å². The van der Waals surface area contributed by atoms with Crippen LogP contribution in [0.2, 0.25) is 0 Å². The second-order valence-corrected chi connectivity index (χ2v) is 6.12. The van der Waals surface area contributed by atoms with Gasteiger partial charge in [0.2, 0.25) is 17.7 Å². The number of aliphatic hydroxyl groups excluding tert-OH is 1. The molecule has 0 saturated heterocycles. The van der Waals surface area contributed by atoms with Crippen molar-refractivity contribution in [3.8, 4) is 0 Å². The molecule has 0 aliphatic heterocycles. The maximum Gasteiger partial charge on any atom is 0.325 e. The molecule has 0 aromatic carbocycles. The highest BCUT2D eigenvalue weighted by Gasteiger charge is 2.26. The number of aliphatic carboxylic acids is 1. The summed E-state index contributed by atoms with van der Waals surface area (Å²) in [6.07, 6.45) is -0.662.